The highest BCUT2D eigenvalue weighted by molar-refractivity contribution is 5.77. The van der Waals surface area contributed by atoms with Gasteiger partial charge in [0.2, 0.25) is 5.91 Å². The number of unbranched alkanes of at least 4 members (excludes halogenated alkanes) is 1. The molecule has 32 heavy (non-hydrogen) atoms. The number of anilines is 1. The molecule has 2 aromatic rings. The van der Waals surface area contributed by atoms with E-state index in [1.54, 1.807) is 0 Å². The zero-order valence-electron chi connectivity index (χ0n) is 17.5. The number of aliphatic carboxylic acids is 1. The summed E-state index contributed by atoms with van der Waals surface area (Å²) in [7, 11) is 0. The van der Waals surface area contributed by atoms with Crippen molar-refractivity contribution >= 4 is 17.7 Å². The van der Waals surface area contributed by atoms with Gasteiger partial charge >= 0.3 is 12.1 Å². The van der Waals surface area contributed by atoms with Crippen molar-refractivity contribution in [2.75, 3.05) is 11.9 Å². The highest BCUT2D eigenvalue weighted by atomic mass is 19.4. The first-order valence-electron chi connectivity index (χ1n) is 10.6. The summed E-state index contributed by atoms with van der Waals surface area (Å²) in [6, 6.07) is 7.36. The van der Waals surface area contributed by atoms with E-state index in [4.69, 9.17) is 5.11 Å². The molecule has 1 amide bonds. The molecule has 6 nitrogen and oxygen atoms in total. The lowest BCUT2D eigenvalue weighted by Gasteiger charge is -2.18. The number of aryl methyl sites for hydroxylation is 2. The van der Waals surface area contributed by atoms with Gasteiger partial charge in [0.1, 0.15) is 5.82 Å². The Morgan fingerprint density at radius 1 is 1.12 bits per heavy atom. The number of benzene rings is 1. The number of nitrogens with zero attached hydrogens (tertiary/aromatic N) is 1. The second-order valence-electron chi connectivity index (χ2n) is 7.89. The van der Waals surface area contributed by atoms with E-state index in [1.807, 2.05) is 6.07 Å². The maximum atomic E-state index is 12.7. The number of hydrogen-bond donors (Lipinski definition) is 3. The van der Waals surface area contributed by atoms with E-state index in [-0.39, 0.29) is 12.3 Å². The van der Waals surface area contributed by atoms with Gasteiger partial charge in [0.05, 0.1) is 18.0 Å². The van der Waals surface area contributed by atoms with Crippen molar-refractivity contribution in [3.05, 3.63) is 58.8 Å². The monoisotopic (exact) mass is 449 g/mol. The molecule has 1 aromatic carbocycles. The third-order valence-corrected chi connectivity index (χ3v) is 5.39. The fourth-order valence-electron chi connectivity index (χ4n) is 3.70. The largest absolute Gasteiger partial charge is 0.481 e. The first-order chi connectivity index (χ1) is 15.2. The fraction of sp³-hybridized carbons (Fsp3) is 0.435. The average molecular weight is 449 g/mol. The number of carboxylic acid groups (broad SMARTS) is 1. The average Bonchev–Trinajstić information content (AvgIpc) is 2.75. The second kappa shape index (κ2) is 10.5. The van der Waals surface area contributed by atoms with Crippen LogP contribution in [0.5, 0.6) is 0 Å². The van der Waals surface area contributed by atoms with E-state index in [2.05, 4.69) is 21.7 Å². The molecule has 0 saturated heterocycles. The first-order valence-corrected chi connectivity index (χ1v) is 10.6. The second-order valence-corrected chi connectivity index (χ2v) is 7.89. The molecule has 0 spiro atoms. The van der Waals surface area contributed by atoms with Crippen LogP contribution < -0.4 is 10.6 Å². The number of carbonyl (C=O) groups is 2. The van der Waals surface area contributed by atoms with Crippen LogP contribution >= 0.6 is 0 Å². The molecule has 3 N–H and O–H groups in total. The Balaban J connectivity index is 1.50. The molecule has 1 aliphatic heterocycles. The molecule has 0 bridgehead atoms. The van der Waals surface area contributed by atoms with Crippen molar-refractivity contribution in [3.8, 4) is 0 Å². The maximum absolute atomic E-state index is 12.7. The van der Waals surface area contributed by atoms with Gasteiger partial charge in [-0.25, -0.2) is 4.98 Å². The Hall–Kier alpha value is -3.10. The van der Waals surface area contributed by atoms with Crippen LogP contribution in [0.3, 0.4) is 0 Å². The first kappa shape index (κ1) is 23.6. The summed E-state index contributed by atoms with van der Waals surface area (Å²) in [6.45, 7) is 0.917. The van der Waals surface area contributed by atoms with Crippen molar-refractivity contribution in [3.63, 3.8) is 0 Å². The van der Waals surface area contributed by atoms with Gasteiger partial charge in [0.25, 0.3) is 0 Å². The molecular weight excluding hydrogens is 423 g/mol. The van der Waals surface area contributed by atoms with Gasteiger partial charge in [-0.2, -0.15) is 13.2 Å². The lowest BCUT2D eigenvalue weighted by molar-refractivity contribution is -0.139. The molecule has 1 aromatic heterocycles. The van der Waals surface area contributed by atoms with Gasteiger partial charge in [0.15, 0.2) is 0 Å². The van der Waals surface area contributed by atoms with Crippen LogP contribution in [0.2, 0.25) is 0 Å². The van der Waals surface area contributed by atoms with Gasteiger partial charge in [-0.05, 0) is 61.4 Å². The highest BCUT2D eigenvalue weighted by Crippen LogP contribution is 2.30. The predicted molar refractivity (Wildman–Crippen MR) is 113 cm³/mol. The summed E-state index contributed by atoms with van der Waals surface area (Å²) in [4.78, 5) is 28.1. The van der Waals surface area contributed by atoms with Crippen LogP contribution in [0.1, 0.15) is 60.5 Å². The smallest absolute Gasteiger partial charge is 0.416 e. The molecule has 9 heteroatoms. The van der Waals surface area contributed by atoms with E-state index in [0.717, 1.165) is 55.9 Å². The number of alkyl halides is 3. The summed E-state index contributed by atoms with van der Waals surface area (Å²) in [5, 5.41) is 15.0. The molecule has 0 saturated carbocycles. The number of aromatic nitrogens is 1. The molecule has 1 unspecified atom stereocenters. The van der Waals surface area contributed by atoms with Gasteiger partial charge in [-0.15, -0.1) is 0 Å². The molecule has 0 radical (unpaired) electrons. The van der Waals surface area contributed by atoms with Crippen molar-refractivity contribution in [1.29, 1.82) is 0 Å². The number of carbonyl (C=O) groups excluding carboxylic acids is 1. The summed E-state index contributed by atoms with van der Waals surface area (Å²) in [5.41, 5.74) is 1.66. The standard InChI is InChI=1S/C23H26F3N3O3/c24-23(25,26)17-10-7-15(8-11-17)19(14-21(31)32)29-20(30)6-2-1-5-18-12-9-16-4-3-13-27-22(16)28-18/h7-12,19H,1-6,13-14H2,(H,27,28)(H,29,30)(H,31,32). The van der Waals surface area contributed by atoms with Gasteiger partial charge in [0, 0.05) is 18.7 Å². The molecule has 2 heterocycles. The van der Waals surface area contributed by atoms with E-state index in [0.29, 0.717) is 12.0 Å². The Bertz CT molecular complexity index is 946. The van der Waals surface area contributed by atoms with E-state index >= 15 is 0 Å². The molecule has 0 fully saturated rings. The minimum Gasteiger partial charge on any atom is -0.481 e. The molecule has 0 aliphatic carbocycles. The van der Waals surface area contributed by atoms with Crippen LogP contribution in [-0.2, 0) is 28.6 Å². The summed E-state index contributed by atoms with van der Waals surface area (Å²) in [5.74, 6) is -0.557. The van der Waals surface area contributed by atoms with Gasteiger partial charge in [-0.1, -0.05) is 18.2 Å². The third-order valence-electron chi connectivity index (χ3n) is 5.39. The molecule has 172 valence electrons. The predicted octanol–water partition coefficient (Wildman–Crippen LogP) is 4.50. The highest BCUT2D eigenvalue weighted by Gasteiger charge is 2.30. The number of hydrogen-bond acceptors (Lipinski definition) is 4. The molecule has 3 rings (SSSR count). The zero-order valence-corrected chi connectivity index (χ0v) is 17.5. The number of pyridine rings is 1. The Kier molecular flexibility index (Phi) is 7.71. The third kappa shape index (κ3) is 6.70. The number of rotatable bonds is 9. The van der Waals surface area contributed by atoms with E-state index in [1.165, 1.54) is 17.7 Å². The zero-order chi connectivity index (χ0) is 23.1. The maximum Gasteiger partial charge on any atom is 0.416 e. The van der Waals surface area contributed by atoms with E-state index in [9.17, 15) is 22.8 Å². The number of amides is 1. The van der Waals surface area contributed by atoms with Crippen LogP contribution in [0.4, 0.5) is 19.0 Å². The van der Waals surface area contributed by atoms with Crippen molar-refractivity contribution in [2.24, 2.45) is 0 Å². The Morgan fingerprint density at radius 3 is 2.56 bits per heavy atom. The lowest BCUT2D eigenvalue weighted by Crippen LogP contribution is -2.30. The summed E-state index contributed by atoms with van der Waals surface area (Å²) >= 11 is 0. The fourth-order valence-corrected chi connectivity index (χ4v) is 3.70. The van der Waals surface area contributed by atoms with Crippen LogP contribution in [0.15, 0.2) is 36.4 Å². The summed E-state index contributed by atoms with van der Waals surface area (Å²) < 4.78 is 38.2. The molecule has 1 aliphatic rings. The number of halogens is 3. The summed E-state index contributed by atoms with van der Waals surface area (Å²) in [6.07, 6.45) is -0.533. The Labute approximate surface area is 184 Å². The minimum absolute atomic E-state index is 0.194. The van der Waals surface area contributed by atoms with Crippen LogP contribution in [0.25, 0.3) is 0 Å². The van der Waals surface area contributed by atoms with E-state index < -0.39 is 30.2 Å². The topological polar surface area (TPSA) is 91.3 Å². The minimum atomic E-state index is -4.48. The number of fused-ring (bicyclic) bond motifs is 1. The SMILES string of the molecule is O=C(O)CC(NC(=O)CCCCc1ccc2c(n1)NCCC2)c1ccc(C(F)(F)F)cc1. The Morgan fingerprint density at radius 2 is 1.88 bits per heavy atom. The lowest BCUT2D eigenvalue weighted by atomic mass is 10.0. The molecule has 1 atom stereocenters. The number of nitrogens with one attached hydrogen (secondary N) is 2. The molecular formula is C23H26F3N3O3. The normalized spacial score (nSPS) is 14.2. The quantitative estimate of drug-likeness (QED) is 0.490. The van der Waals surface area contributed by atoms with Crippen molar-refractivity contribution in [1.82, 2.24) is 10.3 Å². The van der Waals surface area contributed by atoms with Crippen molar-refractivity contribution < 1.29 is 27.9 Å². The number of carboxylic acids is 1. The van der Waals surface area contributed by atoms with Gasteiger partial charge < -0.3 is 15.7 Å². The van der Waals surface area contributed by atoms with Crippen molar-refractivity contribution in [2.45, 2.75) is 57.2 Å². The van der Waals surface area contributed by atoms with Gasteiger partial charge in [-0.3, -0.25) is 9.59 Å². The van der Waals surface area contributed by atoms with Crippen LogP contribution in [0, 0.1) is 0 Å². The van der Waals surface area contributed by atoms with Crippen LogP contribution in [-0.4, -0.2) is 28.5 Å².